The summed E-state index contributed by atoms with van der Waals surface area (Å²) in [4.78, 5) is 27.8. The molecule has 3 rings (SSSR count). The van der Waals surface area contributed by atoms with E-state index in [-0.39, 0.29) is 16.9 Å². The maximum absolute atomic E-state index is 13.3. The zero-order chi connectivity index (χ0) is 24.6. The highest BCUT2D eigenvalue weighted by Gasteiger charge is 2.31. The highest BCUT2D eigenvalue weighted by atomic mass is 32.2. The van der Waals surface area contributed by atoms with Crippen molar-refractivity contribution in [3.63, 3.8) is 0 Å². The summed E-state index contributed by atoms with van der Waals surface area (Å²) in [5, 5.41) is 2.88. The lowest BCUT2D eigenvalue weighted by molar-refractivity contribution is -0.126. The summed E-state index contributed by atoms with van der Waals surface area (Å²) in [5.74, 6) is -0.284. The van der Waals surface area contributed by atoms with Gasteiger partial charge in [-0.25, -0.2) is 13.1 Å². The van der Waals surface area contributed by atoms with Crippen LogP contribution in [0, 0.1) is 0 Å². The molecule has 0 aromatic heterocycles. The Bertz CT molecular complexity index is 1050. The van der Waals surface area contributed by atoms with Crippen molar-refractivity contribution >= 4 is 27.5 Å². The van der Waals surface area contributed by atoms with Crippen LogP contribution in [0.25, 0.3) is 0 Å². The van der Waals surface area contributed by atoms with Gasteiger partial charge in [0.05, 0.1) is 24.7 Å². The summed E-state index contributed by atoms with van der Waals surface area (Å²) in [6.07, 6.45) is 2.12. The summed E-state index contributed by atoms with van der Waals surface area (Å²) in [7, 11) is -2.36. The molecule has 1 aliphatic heterocycles. The van der Waals surface area contributed by atoms with Gasteiger partial charge in [0.15, 0.2) is 0 Å². The summed E-state index contributed by atoms with van der Waals surface area (Å²) in [5.41, 5.74) is 0.462. The molecule has 184 valence electrons. The second kappa shape index (κ2) is 12.0. The van der Waals surface area contributed by atoms with Gasteiger partial charge in [-0.1, -0.05) is 25.1 Å². The molecule has 0 spiro atoms. The summed E-state index contributed by atoms with van der Waals surface area (Å²) in [6.45, 7) is 2.34. The van der Waals surface area contributed by atoms with Crippen LogP contribution in [0.4, 0.5) is 5.69 Å². The van der Waals surface area contributed by atoms with Crippen LogP contribution in [0.15, 0.2) is 59.5 Å². The monoisotopic (exact) mass is 489 g/mol. The molecular formula is C24H31N3O6S. The van der Waals surface area contributed by atoms with Crippen LogP contribution in [0.2, 0.25) is 0 Å². The summed E-state index contributed by atoms with van der Waals surface area (Å²) < 4.78 is 38.3. The van der Waals surface area contributed by atoms with Crippen LogP contribution >= 0.6 is 0 Å². The predicted molar refractivity (Wildman–Crippen MR) is 128 cm³/mol. The van der Waals surface area contributed by atoms with Gasteiger partial charge in [0.2, 0.25) is 21.8 Å². The van der Waals surface area contributed by atoms with E-state index in [4.69, 9.17) is 9.47 Å². The third-order valence-corrected chi connectivity index (χ3v) is 7.03. The second-order valence-electron chi connectivity index (χ2n) is 7.90. The smallest absolute Gasteiger partial charge is 0.243 e. The molecular weight excluding hydrogens is 458 g/mol. The molecule has 0 saturated carbocycles. The van der Waals surface area contributed by atoms with E-state index < -0.39 is 28.5 Å². The molecule has 0 aliphatic carbocycles. The lowest BCUT2D eigenvalue weighted by atomic mass is 10.1. The Balaban J connectivity index is 1.79. The number of carbonyl (C=O) groups is 2. The first-order valence-electron chi connectivity index (χ1n) is 11.3. The number of hydrogen-bond acceptors (Lipinski definition) is 6. The number of ether oxygens (including phenoxy) is 2. The van der Waals surface area contributed by atoms with Crippen molar-refractivity contribution in [2.45, 2.75) is 43.2 Å². The van der Waals surface area contributed by atoms with Gasteiger partial charge in [-0.3, -0.25) is 14.5 Å². The number of carbonyl (C=O) groups excluding carboxylic acids is 2. The van der Waals surface area contributed by atoms with E-state index in [1.165, 1.54) is 24.1 Å². The SMILES string of the molecule is CC[C@H](C(=O)NC[C@H]1CCCO1)N(C(=O)CNS(=O)(=O)c1ccccc1)c1ccc(OC)cc1. The molecule has 2 N–H and O–H groups in total. The number of sulfonamides is 1. The van der Waals surface area contributed by atoms with E-state index >= 15 is 0 Å². The van der Waals surface area contributed by atoms with Crippen molar-refractivity contribution in [2.24, 2.45) is 0 Å². The van der Waals surface area contributed by atoms with Gasteiger partial charge in [-0.05, 0) is 55.7 Å². The third kappa shape index (κ3) is 6.55. The van der Waals surface area contributed by atoms with E-state index in [0.717, 1.165) is 12.8 Å². The van der Waals surface area contributed by atoms with E-state index in [1.54, 1.807) is 49.4 Å². The standard InChI is InChI=1S/C24H31N3O6S/c1-3-22(24(29)25-16-20-8-7-15-33-20)27(18-11-13-19(32-2)14-12-18)23(28)17-26-34(30,31)21-9-5-4-6-10-21/h4-6,9-14,20,22,26H,3,7-8,15-17H2,1-2H3,(H,25,29)/t20-,22-/m1/s1. The topological polar surface area (TPSA) is 114 Å². The van der Waals surface area contributed by atoms with Crippen molar-refractivity contribution in [1.82, 2.24) is 10.0 Å². The first kappa shape index (κ1) is 25.7. The minimum atomic E-state index is -3.89. The van der Waals surface area contributed by atoms with Crippen molar-refractivity contribution in [3.05, 3.63) is 54.6 Å². The number of rotatable bonds is 11. The molecule has 1 aliphatic rings. The fourth-order valence-corrected chi connectivity index (χ4v) is 4.78. The van der Waals surface area contributed by atoms with Crippen molar-refractivity contribution in [2.75, 3.05) is 31.7 Å². The fraction of sp³-hybridized carbons (Fsp3) is 0.417. The highest BCUT2D eigenvalue weighted by Crippen LogP contribution is 2.23. The Morgan fingerprint density at radius 1 is 1.15 bits per heavy atom. The molecule has 10 heteroatoms. The molecule has 0 radical (unpaired) electrons. The normalized spacial score (nSPS) is 16.6. The van der Waals surface area contributed by atoms with Gasteiger partial charge in [0.1, 0.15) is 11.8 Å². The van der Waals surface area contributed by atoms with Gasteiger partial charge in [-0.2, -0.15) is 0 Å². The molecule has 0 unspecified atom stereocenters. The first-order valence-corrected chi connectivity index (χ1v) is 12.7. The molecule has 2 atom stereocenters. The van der Waals surface area contributed by atoms with E-state index in [0.29, 0.717) is 31.0 Å². The van der Waals surface area contributed by atoms with Crippen LogP contribution in [0.3, 0.4) is 0 Å². The number of amides is 2. The summed E-state index contributed by atoms with van der Waals surface area (Å²) in [6, 6.07) is 13.7. The minimum Gasteiger partial charge on any atom is -0.497 e. The minimum absolute atomic E-state index is 0.0377. The van der Waals surface area contributed by atoms with Crippen LogP contribution in [-0.4, -0.2) is 59.2 Å². The van der Waals surface area contributed by atoms with Gasteiger partial charge in [0.25, 0.3) is 0 Å². The number of benzene rings is 2. The molecule has 1 heterocycles. The Hall–Kier alpha value is -2.95. The highest BCUT2D eigenvalue weighted by molar-refractivity contribution is 7.89. The Morgan fingerprint density at radius 3 is 2.44 bits per heavy atom. The largest absolute Gasteiger partial charge is 0.497 e. The maximum Gasteiger partial charge on any atom is 0.243 e. The molecule has 2 aromatic rings. The predicted octanol–water partition coefficient (Wildman–Crippen LogP) is 2.08. The maximum atomic E-state index is 13.3. The Labute approximate surface area is 200 Å². The number of nitrogens with zero attached hydrogens (tertiary/aromatic N) is 1. The molecule has 34 heavy (non-hydrogen) atoms. The van der Waals surface area contributed by atoms with Crippen LogP contribution < -0.4 is 19.7 Å². The summed E-state index contributed by atoms with van der Waals surface area (Å²) >= 11 is 0. The average molecular weight is 490 g/mol. The third-order valence-electron chi connectivity index (χ3n) is 5.62. The van der Waals surface area contributed by atoms with Crippen molar-refractivity contribution in [3.8, 4) is 5.75 Å². The molecule has 1 fully saturated rings. The fourth-order valence-electron chi connectivity index (χ4n) is 3.79. The van der Waals surface area contributed by atoms with Gasteiger partial charge in [0, 0.05) is 18.8 Å². The van der Waals surface area contributed by atoms with Crippen molar-refractivity contribution < 1.29 is 27.5 Å². The number of methoxy groups -OCH3 is 1. The van der Waals surface area contributed by atoms with Gasteiger partial charge >= 0.3 is 0 Å². The van der Waals surface area contributed by atoms with E-state index in [1.807, 2.05) is 0 Å². The van der Waals surface area contributed by atoms with Crippen LogP contribution in [-0.2, 0) is 24.3 Å². The zero-order valence-corrected chi connectivity index (χ0v) is 20.2. The Kier molecular flexibility index (Phi) is 9.03. The lowest BCUT2D eigenvalue weighted by Gasteiger charge is -2.31. The van der Waals surface area contributed by atoms with Gasteiger partial charge < -0.3 is 14.8 Å². The quantitative estimate of drug-likeness (QED) is 0.500. The number of hydrogen-bond donors (Lipinski definition) is 2. The van der Waals surface area contributed by atoms with E-state index in [9.17, 15) is 18.0 Å². The molecule has 2 amide bonds. The van der Waals surface area contributed by atoms with Crippen molar-refractivity contribution in [1.29, 1.82) is 0 Å². The first-order chi connectivity index (χ1) is 16.4. The molecule has 0 bridgehead atoms. The zero-order valence-electron chi connectivity index (χ0n) is 19.4. The van der Waals surface area contributed by atoms with Crippen LogP contribution in [0.5, 0.6) is 5.75 Å². The second-order valence-corrected chi connectivity index (χ2v) is 9.67. The lowest BCUT2D eigenvalue weighted by Crippen LogP contribution is -2.53. The van der Waals surface area contributed by atoms with Crippen LogP contribution in [0.1, 0.15) is 26.2 Å². The van der Waals surface area contributed by atoms with Gasteiger partial charge in [-0.15, -0.1) is 0 Å². The number of nitrogens with one attached hydrogen (secondary N) is 2. The number of anilines is 1. The Morgan fingerprint density at radius 2 is 1.85 bits per heavy atom. The molecule has 9 nitrogen and oxygen atoms in total. The average Bonchev–Trinajstić information content (AvgIpc) is 3.39. The molecule has 2 aromatic carbocycles. The van der Waals surface area contributed by atoms with E-state index in [2.05, 4.69) is 10.0 Å². The molecule has 1 saturated heterocycles.